The molecule has 0 atom stereocenters. The van der Waals surface area contributed by atoms with Crippen molar-refractivity contribution in [3.8, 4) is 145 Å². The average Bonchev–Trinajstić information content (AvgIpc) is 1.59. The van der Waals surface area contributed by atoms with E-state index < -0.39 is 0 Å². The monoisotopic (exact) mass is 1320 g/mol. The molecule has 2 heterocycles. The molecule has 0 saturated heterocycles. The summed E-state index contributed by atoms with van der Waals surface area (Å²) in [6.07, 6.45) is 0. The van der Waals surface area contributed by atoms with E-state index in [0.717, 1.165) is 39.2 Å². The number of aromatic nitrogens is 2. The van der Waals surface area contributed by atoms with E-state index >= 15 is 0 Å². The van der Waals surface area contributed by atoms with Gasteiger partial charge in [-0.2, -0.15) is 0 Å². The molecule has 0 saturated carbocycles. The fourth-order valence-corrected chi connectivity index (χ4v) is 15.6. The maximum atomic E-state index is 2.44. The van der Waals surface area contributed by atoms with Crippen LogP contribution in [0, 0.1) is 0 Å². The first-order valence-electron chi connectivity index (χ1n) is 35.8. The van der Waals surface area contributed by atoms with Crippen molar-refractivity contribution in [2.75, 3.05) is 0 Å². The first-order valence-corrected chi connectivity index (χ1v) is 35.8. The van der Waals surface area contributed by atoms with Crippen molar-refractivity contribution >= 4 is 43.6 Å². The zero-order valence-electron chi connectivity index (χ0n) is 57.2. The van der Waals surface area contributed by atoms with Gasteiger partial charge in [0.15, 0.2) is 0 Å². The van der Waals surface area contributed by atoms with Crippen molar-refractivity contribution in [2.45, 2.75) is 0 Å². The molecule has 19 rings (SSSR count). The molecule has 0 aliphatic carbocycles. The van der Waals surface area contributed by atoms with Crippen molar-refractivity contribution in [2.24, 2.45) is 0 Å². The van der Waals surface area contributed by atoms with Crippen molar-refractivity contribution in [1.29, 1.82) is 0 Å². The van der Waals surface area contributed by atoms with E-state index in [-0.39, 0.29) is 0 Å². The minimum Gasteiger partial charge on any atom is -0.309 e. The largest absolute Gasteiger partial charge is 0.309 e. The highest BCUT2D eigenvalue weighted by Crippen LogP contribution is 2.43. The van der Waals surface area contributed by atoms with Gasteiger partial charge in [0.1, 0.15) is 0 Å². The number of rotatable bonds is 14. The number of para-hydroxylation sites is 2. The molecule has 486 valence electrons. The lowest BCUT2D eigenvalue weighted by molar-refractivity contribution is 1.18. The molecule has 17 aromatic carbocycles. The second-order valence-electron chi connectivity index (χ2n) is 27.2. The van der Waals surface area contributed by atoms with Crippen LogP contribution in [0.25, 0.3) is 189 Å². The Kier molecular flexibility index (Phi) is 15.6. The van der Waals surface area contributed by atoms with E-state index in [1.807, 2.05) is 0 Å². The van der Waals surface area contributed by atoms with Crippen LogP contribution in [0.3, 0.4) is 0 Å². The molecular weight excluding hydrogens is 1250 g/mol. The Morgan fingerprint density at radius 3 is 0.644 bits per heavy atom. The summed E-state index contributed by atoms with van der Waals surface area (Å²) in [5.41, 5.74) is 35.4. The van der Waals surface area contributed by atoms with Gasteiger partial charge >= 0.3 is 0 Å². The Labute approximate surface area is 606 Å². The van der Waals surface area contributed by atoms with Crippen molar-refractivity contribution in [1.82, 2.24) is 9.13 Å². The fraction of sp³-hybridized carbons (Fsp3) is 0. The van der Waals surface area contributed by atoms with E-state index in [1.54, 1.807) is 0 Å². The van der Waals surface area contributed by atoms with Crippen LogP contribution in [0.15, 0.2) is 413 Å². The smallest absolute Gasteiger partial charge is 0.0541 e. The van der Waals surface area contributed by atoms with Crippen molar-refractivity contribution < 1.29 is 0 Å². The molecule has 0 unspecified atom stereocenters. The van der Waals surface area contributed by atoms with Gasteiger partial charge in [-0.1, -0.05) is 303 Å². The fourth-order valence-electron chi connectivity index (χ4n) is 15.6. The highest BCUT2D eigenvalue weighted by molar-refractivity contribution is 6.13. The van der Waals surface area contributed by atoms with Gasteiger partial charge in [0, 0.05) is 32.9 Å². The third-order valence-corrected chi connectivity index (χ3v) is 20.9. The summed E-state index contributed by atoms with van der Waals surface area (Å²) >= 11 is 0. The minimum absolute atomic E-state index is 1.12. The van der Waals surface area contributed by atoms with Crippen LogP contribution in [0.5, 0.6) is 0 Å². The highest BCUT2D eigenvalue weighted by Gasteiger charge is 2.19. The van der Waals surface area contributed by atoms with Gasteiger partial charge in [-0.15, -0.1) is 0 Å². The lowest BCUT2D eigenvalue weighted by Gasteiger charge is -2.14. The Bertz CT molecular complexity index is 6430. The summed E-state index contributed by atoms with van der Waals surface area (Å²) in [6, 6.07) is 152. The molecule has 0 aliphatic rings. The summed E-state index contributed by atoms with van der Waals surface area (Å²) in [7, 11) is 0. The first kappa shape index (κ1) is 61.4. The Morgan fingerprint density at radius 2 is 0.298 bits per heavy atom. The minimum atomic E-state index is 1.12. The van der Waals surface area contributed by atoms with Crippen LogP contribution in [-0.2, 0) is 0 Å². The normalized spacial score (nSPS) is 11.5. The van der Waals surface area contributed by atoms with E-state index in [0.29, 0.717) is 0 Å². The summed E-state index contributed by atoms with van der Waals surface area (Å²) in [6.45, 7) is 0. The Balaban J connectivity index is 0.608. The predicted octanol–water partition coefficient (Wildman–Crippen LogP) is 27.9. The Morgan fingerprint density at radius 1 is 0.106 bits per heavy atom. The molecule has 0 radical (unpaired) electrons. The number of fused-ring (bicyclic) bond motifs is 6. The van der Waals surface area contributed by atoms with Gasteiger partial charge < -0.3 is 9.13 Å². The summed E-state index contributed by atoms with van der Waals surface area (Å²) in [5.74, 6) is 0. The van der Waals surface area contributed by atoms with Crippen LogP contribution >= 0.6 is 0 Å². The topological polar surface area (TPSA) is 9.86 Å². The molecule has 0 amide bonds. The maximum Gasteiger partial charge on any atom is 0.0541 e. The van der Waals surface area contributed by atoms with E-state index in [2.05, 4.69) is 422 Å². The summed E-state index contributed by atoms with van der Waals surface area (Å²) in [4.78, 5) is 0. The lowest BCUT2D eigenvalue weighted by Crippen LogP contribution is -1.94. The molecule has 0 bridgehead atoms. The first-order chi connectivity index (χ1) is 51.5. The van der Waals surface area contributed by atoms with E-state index in [1.165, 1.54) is 149 Å². The van der Waals surface area contributed by atoms with Crippen LogP contribution < -0.4 is 0 Å². The van der Waals surface area contributed by atoms with Crippen LogP contribution in [-0.4, -0.2) is 9.13 Å². The molecule has 104 heavy (non-hydrogen) atoms. The number of hydrogen-bond donors (Lipinski definition) is 0. The lowest BCUT2D eigenvalue weighted by atomic mass is 9.91. The molecule has 0 aliphatic heterocycles. The zero-order valence-corrected chi connectivity index (χ0v) is 57.2. The van der Waals surface area contributed by atoms with Gasteiger partial charge in [-0.3, -0.25) is 0 Å². The third-order valence-electron chi connectivity index (χ3n) is 20.9. The van der Waals surface area contributed by atoms with E-state index in [4.69, 9.17) is 0 Å². The summed E-state index contributed by atoms with van der Waals surface area (Å²) < 4.78 is 4.87. The van der Waals surface area contributed by atoms with Crippen LogP contribution in [0.4, 0.5) is 0 Å². The average molecular weight is 1320 g/mol. The number of nitrogens with zero attached hydrogens (tertiary/aromatic N) is 2. The molecule has 2 nitrogen and oxygen atoms in total. The van der Waals surface area contributed by atoms with Gasteiger partial charge in [-0.05, 0) is 243 Å². The SMILES string of the molecule is c1ccc(-c2ccc(-c3cccc(-c4cccc(-n5c6ccccc6c6cc(-c7ccc8c(c7)c7ccccc7n8-c7cccc(-c8cccc(-c9cccc(-c%10cc(-c%11ccccc%11)cc(-c%11cccc(-c%12ccc(-c%13cccc(-c%14ccccc%14)c%13)cc%12)c%11)c%10)c9)c8)c7)ccc65)c4)c3)cc2)cc1. The van der Waals surface area contributed by atoms with Gasteiger partial charge in [-0.25, -0.2) is 0 Å². The quantitative estimate of drug-likeness (QED) is 0.103. The molecule has 0 N–H and O–H groups in total. The maximum absolute atomic E-state index is 2.44. The molecule has 2 heteroatoms. The molecule has 0 fully saturated rings. The van der Waals surface area contributed by atoms with E-state index in [9.17, 15) is 0 Å². The molecular formula is C102H68N2. The van der Waals surface area contributed by atoms with Gasteiger partial charge in [0.2, 0.25) is 0 Å². The molecule has 19 aromatic rings. The predicted molar refractivity (Wildman–Crippen MR) is 440 cm³/mol. The molecule has 0 spiro atoms. The number of benzene rings is 17. The number of hydrogen-bond acceptors (Lipinski definition) is 0. The second kappa shape index (κ2) is 26.5. The van der Waals surface area contributed by atoms with Crippen molar-refractivity contribution in [3.63, 3.8) is 0 Å². The second-order valence-corrected chi connectivity index (χ2v) is 27.2. The summed E-state index contributed by atoms with van der Waals surface area (Å²) in [5, 5.41) is 4.89. The standard InChI is InChI=1S/C102H68N2/c1-4-21-69(22-5-1)72-45-47-73(48-46-72)78-29-15-33-82(58-78)86-37-19-39-93(65-86)103-99-43-12-10-41-95(99)97-67-88(53-55-101(97)103)89-54-56-102-98(68-89)96-42-11-13-44-100(96)104(102)94-40-20-38-87(66-94)83-34-17-31-80(60-83)81-32-18-36-85(61-81)92-63-90(71-25-8-3-9-26-71)62-91(64-92)84-35-16-30-79(59-84)75-51-49-74(50-52-75)77-28-14-27-76(57-77)70-23-6-2-7-24-70/h1-68H. The molecule has 2 aromatic heterocycles. The van der Waals surface area contributed by atoms with Gasteiger partial charge in [0.05, 0.1) is 22.1 Å². The van der Waals surface area contributed by atoms with Crippen molar-refractivity contribution in [3.05, 3.63) is 413 Å². The van der Waals surface area contributed by atoms with Crippen LogP contribution in [0.2, 0.25) is 0 Å². The van der Waals surface area contributed by atoms with Crippen LogP contribution in [0.1, 0.15) is 0 Å². The Hall–Kier alpha value is -13.7. The zero-order chi connectivity index (χ0) is 68.9. The third kappa shape index (κ3) is 11.7. The van der Waals surface area contributed by atoms with Gasteiger partial charge in [0.25, 0.3) is 0 Å². The highest BCUT2D eigenvalue weighted by atomic mass is 15.0.